The predicted molar refractivity (Wildman–Crippen MR) is 150 cm³/mol. The second-order valence-corrected chi connectivity index (χ2v) is 10.1. The van der Waals surface area contributed by atoms with Crippen LogP contribution in [0, 0.1) is 11.8 Å². The van der Waals surface area contributed by atoms with Gasteiger partial charge in [-0.1, -0.05) is 74.4 Å². The molecule has 0 aromatic rings. The molecule has 0 radical (unpaired) electrons. The van der Waals surface area contributed by atoms with Gasteiger partial charge in [0.15, 0.2) is 5.76 Å². The van der Waals surface area contributed by atoms with Crippen molar-refractivity contribution in [3.8, 4) is 0 Å². The molecule has 0 bridgehead atoms. The standard InChI is InChI=1S/C29H41ClN2O6/c1-19(2)27(28(35)31-17-9-11-23(33)14-13-22(5)30)32-26(34)12-8-7-10-20(3)18-21(4)24-15-16-25(37-6)29(36)38-24/h7-10,12-13,16-19,21,23-24,27,33H,11,14-15H2,1-6H3,(H,31,35)(H,32,34)/b10-7-,12-8-,17-9-,20-18+,22-13+/t21-,23-,24-,27-/m0/s1. The van der Waals surface area contributed by atoms with E-state index in [9.17, 15) is 19.5 Å². The molecule has 1 aliphatic heterocycles. The molecule has 8 nitrogen and oxygen atoms in total. The van der Waals surface area contributed by atoms with Crippen LogP contribution in [0.3, 0.4) is 0 Å². The van der Waals surface area contributed by atoms with E-state index < -0.39 is 24.0 Å². The fraction of sp³-hybridized carbons (Fsp3) is 0.483. The van der Waals surface area contributed by atoms with E-state index in [1.165, 1.54) is 19.4 Å². The highest BCUT2D eigenvalue weighted by Crippen LogP contribution is 2.22. The Morgan fingerprint density at radius 2 is 1.89 bits per heavy atom. The quantitative estimate of drug-likeness (QED) is 0.166. The number of aliphatic hydroxyl groups excluding tert-OH is 1. The van der Waals surface area contributed by atoms with E-state index in [0.717, 1.165) is 5.57 Å². The molecule has 1 heterocycles. The van der Waals surface area contributed by atoms with Crippen LogP contribution < -0.4 is 10.6 Å². The summed E-state index contributed by atoms with van der Waals surface area (Å²) in [4.78, 5) is 36.7. The smallest absolute Gasteiger partial charge is 0.373 e. The number of allylic oxidation sites excluding steroid dienone is 5. The maximum absolute atomic E-state index is 12.5. The number of ether oxygens (including phenoxy) is 2. The van der Waals surface area contributed by atoms with E-state index in [1.54, 1.807) is 37.3 Å². The largest absolute Gasteiger partial charge is 0.490 e. The van der Waals surface area contributed by atoms with E-state index in [1.807, 2.05) is 39.8 Å². The van der Waals surface area contributed by atoms with Crippen LogP contribution in [0.25, 0.3) is 0 Å². The first-order valence-corrected chi connectivity index (χ1v) is 13.1. The number of esters is 1. The van der Waals surface area contributed by atoms with Gasteiger partial charge in [-0.05, 0) is 44.9 Å². The summed E-state index contributed by atoms with van der Waals surface area (Å²) in [6, 6.07) is -0.721. The Morgan fingerprint density at radius 3 is 2.50 bits per heavy atom. The minimum atomic E-state index is -0.721. The molecule has 0 aliphatic carbocycles. The SMILES string of the molecule is COC1=CC[C@@H]([C@@H](C)/C=C(C)/C=C\C=C/C(=O)N[C@H](C(=O)N/C=C\C[C@H](O)C/C=C(\C)Cl)C(C)C)OC1=O. The summed E-state index contributed by atoms with van der Waals surface area (Å²) in [6.45, 7) is 9.31. The van der Waals surface area contributed by atoms with Crippen LogP contribution in [0.4, 0.5) is 0 Å². The Hall–Kier alpha value is -3.10. The monoisotopic (exact) mass is 548 g/mol. The van der Waals surface area contributed by atoms with E-state index in [2.05, 4.69) is 10.6 Å². The van der Waals surface area contributed by atoms with Crippen molar-refractivity contribution < 1.29 is 29.0 Å². The number of halogens is 1. The summed E-state index contributed by atoms with van der Waals surface area (Å²) in [5.41, 5.74) is 0.949. The van der Waals surface area contributed by atoms with Gasteiger partial charge in [0.2, 0.25) is 11.8 Å². The fourth-order valence-corrected chi connectivity index (χ4v) is 3.64. The Kier molecular flexibility index (Phi) is 15.1. The molecular weight excluding hydrogens is 508 g/mol. The molecule has 0 unspecified atom stereocenters. The molecule has 0 saturated heterocycles. The molecule has 0 fully saturated rings. The first kappa shape index (κ1) is 32.9. The number of amides is 2. The maximum atomic E-state index is 12.5. The molecule has 0 saturated carbocycles. The Labute approximate surface area is 231 Å². The van der Waals surface area contributed by atoms with Gasteiger partial charge >= 0.3 is 5.97 Å². The second-order valence-electron chi connectivity index (χ2n) is 9.50. The molecule has 3 N–H and O–H groups in total. The Bertz CT molecular complexity index is 989. The minimum Gasteiger partial charge on any atom is -0.490 e. The summed E-state index contributed by atoms with van der Waals surface area (Å²) in [7, 11) is 1.44. The van der Waals surface area contributed by atoms with Gasteiger partial charge in [0.05, 0.1) is 13.2 Å². The van der Waals surface area contributed by atoms with Gasteiger partial charge in [-0.15, -0.1) is 0 Å². The van der Waals surface area contributed by atoms with Crippen molar-refractivity contribution in [1.82, 2.24) is 10.6 Å². The number of carbonyl (C=O) groups excluding carboxylic acids is 3. The summed E-state index contributed by atoms with van der Waals surface area (Å²) >= 11 is 5.75. The Morgan fingerprint density at radius 1 is 1.21 bits per heavy atom. The number of hydrogen-bond donors (Lipinski definition) is 3. The summed E-state index contributed by atoms with van der Waals surface area (Å²) in [5.74, 6) is -1.10. The summed E-state index contributed by atoms with van der Waals surface area (Å²) in [6.07, 6.45) is 15.6. The summed E-state index contributed by atoms with van der Waals surface area (Å²) < 4.78 is 10.4. The van der Waals surface area contributed by atoms with Gasteiger partial charge < -0.3 is 25.2 Å². The number of aliphatic hydroxyl groups is 1. The lowest BCUT2D eigenvalue weighted by molar-refractivity contribution is -0.151. The number of carbonyl (C=O) groups is 3. The molecule has 38 heavy (non-hydrogen) atoms. The molecular formula is C29H41ClN2O6. The van der Waals surface area contributed by atoms with Gasteiger partial charge in [-0.2, -0.15) is 0 Å². The molecule has 1 rings (SSSR count). The topological polar surface area (TPSA) is 114 Å². The molecule has 2 amide bonds. The predicted octanol–water partition coefficient (Wildman–Crippen LogP) is 4.58. The molecule has 210 valence electrons. The second kappa shape index (κ2) is 17.4. The van der Waals surface area contributed by atoms with Crippen LogP contribution in [0.2, 0.25) is 0 Å². The molecule has 1 aliphatic rings. The van der Waals surface area contributed by atoms with E-state index in [4.69, 9.17) is 21.1 Å². The summed E-state index contributed by atoms with van der Waals surface area (Å²) in [5, 5.41) is 15.9. The van der Waals surface area contributed by atoms with Gasteiger partial charge in [-0.25, -0.2) is 4.79 Å². The lowest BCUT2D eigenvalue weighted by Crippen LogP contribution is -2.48. The number of hydrogen-bond acceptors (Lipinski definition) is 6. The zero-order valence-corrected chi connectivity index (χ0v) is 23.8. The third-order valence-corrected chi connectivity index (χ3v) is 5.87. The van der Waals surface area contributed by atoms with Crippen LogP contribution in [-0.4, -0.2) is 48.2 Å². The highest BCUT2D eigenvalue weighted by Gasteiger charge is 2.27. The van der Waals surface area contributed by atoms with Gasteiger partial charge in [0, 0.05) is 23.4 Å². The highest BCUT2D eigenvalue weighted by molar-refractivity contribution is 6.29. The Balaban J connectivity index is 2.56. The lowest BCUT2D eigenvalue weighted by Gasteiger charge is -2.25. The van der Waals surface area contributed by atoms with Crippen LogP contribution in [0.1, 0.15) is 53.9 Å². The van der Waals surface area contributed by atoms with Crippen LogP contribution in [0.5, 0.6) is 0 Å². The third-order valence-electron chi connectivity index (χ3n) is 5.71. The fourth-order valence-electron chi connectivity index (χ4n) is 3.55. The molecule has 4 atom stereocenters. The molecule has 0 aromatic carbocycles. The maximum Gasteiger partial charge on any atom is 0.373 e. The average molecular weight is 549 g/mol. The highest BCUT2D eigenvalue weighted by atomic mass is 35.5. The van der Waals surface area contributed by atoms with Crippen molar-refractivity contribution in [2.45, 2.75) is 72.1 Å². The number of nitrogens with one attached hydrogen (secondary N) is 2. The molecule has 0 aromatic heterocycles. The van der Waals surface area contributed by atoms with Crippen molar-refractivity contribution in [2.24, 2.45) is 11.8 Å². The molecule has 9 heteroatoms. The number of cyclic esters (lactones) is 1. The van der Waals surface area contributed by atoms with Crippen LogP contribution >= 0.6 is 11.6 Å². The van der Waals surface area contributed by atoms with Crippen molar-refractivity contribution in [1.29, 1.82) is 0 Å². The van der Waals surface area contributed by atoms with Crippen LogP contribution in [0.15, 0.2) is 71.2 Å². The van der Waals surface area contributed by atoms with Crippen LogP contribution in [-0.2, 0) is 23.9 Å². The number of rotatable bonds is 14. The third kappa shape index (κ3) is 12.9. The van der Waals surface area contributed by atoms with Gasteiger partial charge in [0.25, 0.3) is 0 Å². The first-order valence-electron chi connectivity index (χ1n) is 12.7. The minimum absolute atomic E-state index is 0.000152. The van der Waals surface area contributed by atoms with Crippen molar-refractivity contribution >= 4 is 29.4 Å². The van der Waals surface area contributed by atoms with Gasteiger partial charge in [0.1, 0.15) is 12.1 Å². The van der Waals surface area contributed by atoms with Crippen molar-refractivity contribution in [2.75, 3.05) is 7.11 Å². The number of methoxy groups -OCH3 is 1. The van der Waals surface area contributed by atoms with E-state index in [0.29, 0.717) is 24.3 Å². The first-order chi connectivity index (χ1) is 17.9. The van der Waals surface area contributed by atoms with E-state index >= 15 is 0 Å². The van der Waals surface area contributed by atoms with Crippen molar-refractivity contribution in [3.05, 3.63) is 71.2 Å². The lowest BCUT2D eigenvalue weighted by atomic mass is 9.97. The molecule has 0 spiro atoms. The van der Waals surface area contributed by atoms with E-state index in [-0.39, 0.29) is 29.6 Å². The zero-order chi connectivity index (χ0) is 28.7. The van der Waals surface area contributed by atoms with Gasteiger partial charge in [-0.3, -0.25) is 9.59 Å². The normalized spacial score (nSPS) is 19.4. The average Bonchev–Trinajstić information content (AvgIpc) is 2.86. The van der Waals surface area contributed by atoms with Crippen molar-refractivity contribution in [3.63, 3.8) is 0 Å². The zero-order valence-electron chi connectivity index (χ0n) is 23.1.